The van der Waals surface area contributed by atoms with Gasteiger partial charge in [-0.3, -0.25) is 0 Å². The molecule has 0 unspecified atom stereocenters. The molecule has 0 aromatic rings. The Kier molecular flexibility index (Phi) is 3.71. The first-order chi connectivity index (χ1) is 7.07. The summed E-state index contributed by atoms with van der Waals surface area (Å²) >= 11 is 0. The zero-order chi connectivity index (χ0) is 12.6. The van der Waals surface area contributed by atoms with Gasteiger partial charge in [0, 0.05) is 23.8 Å². The Morgan fingerprint density at radius 1 is 1.44 bits per heavy atom. The molecule has 0 radical (unpaired) electrons. The van der Waals surface area contributed by atoms with E-state index in [4.69, 9.17) is 15.4 Å². The van der Waals surface area contributed by atoms with Crippen LogP contribution in [0.5, 0.6) is 0 Å². The summed E-state index contributed by atoms with van der Waals surface area (Å²) in [6, 6.07) is -0.324. The number of nitrogens with zero attached hydrogens (tertiary/aromatic N) is 1. The van der Waals surface area contributed by atoms with E-state index in [9.17, 15) is 13.2 Å². The molecular weight excluding hydrogens is 256 g/mol. The summed E-state index contributed by atoms with van der Waals surface area (Å²) in [7, 11) is 1.28. The molecule has 0 bridgehead atoms. The molecule has 1 amide bonds. The van der Waals surface area contributed by atoms with Gasteiger partial charge in [-0.25, -0.2) is 4.79 Å². The van der Waals surface area contributed by atoms with Gasteiger partial charge in [0.2, 0.25) is 0 Å². The minimum absolute atomic E-state index is 0.279. The average Bonchev–Trinajstić information content (AvgIpc) is 1.89. The third-order valence-corrected chi connectivity index (χ3v) is 2.72. The van der Waals surface area contributed by atoms with Gasteiger partial charge in [-0.2, -0.15) is 13.1 Å². The minimum atomic E-state index is -3.73. The molecule has 0 saturated carbocycles. The highest BCUT2D eigenvalue weighted by Crippen LogP contribution is 2.15. The average molecular weight is 271 g/mol. The number of carbonyl (C=O) groups is 1. The van der Waals surface area contributed by atoms with Crippen molar-refractivity contribution in [2.75, 3.05) is 13.1 Å². The number of halogens is 1. The molecule has 16 heavy (non-hydrogen) atoms. The number of hydrogen-bond acceptors (Lipinski definition) is 4. The molecule has 0 aliphatic carbocycles. The lowest BCUT2D eigenvalue weighted by Gasteiger charge is -2.39. The Labute approximate surface area is 99.4 Å². The maximum Gasteiger partial charge on any atom is 0.410 e. The van der Waals surface area contributed by atoms with Crippen LogP contribution in [-0.2, 0) is 14.0 Å². The van der Waals surface area contributed by atoms with Gasteiger partial charge in [0.05, 0.1) is 6.04 Å². The third kappa shape index (κ3) is 4.54. The van der Waals surface area contributed by atoms with Gasteiger partial charge < -0.3 is 9.64 Å². The second-order valence-corrected chi connectivity index (χ2v) is 6.97. The Balaban J connectivity index is 2.34. The first-order valence-electron chi connectivity index (χ1n) is 4.77. The van der Waals surface area contributed by atoms with Crippen molar-refractivity contribution in [1.29, 1.82) is 0 Å². The summed E-state index contributed by atoms with van der Waals surface area (Å²) in [4.78, 5) is 12.9. The molecule has 0 spiro atoms. The Bertz CT molecular complexity index is 370. The van der Waals surface area contributed by atoms with E-state index in [-0.39, 0.29) is 19.1 Å². The van der Waals surface area contributed by atoms with E-state index in [1.54, 1.807) is 20.8 Å². The zero-order valence-electron chi connectivity index (χ0n) is 9.36. The van der Waals surface area contributed by atoms with E-state index in [1.165, 1.54) is 4.90 Å². The summed E-state index contributed by atoms with van der Waals surface area (Å²) in [5.74, 6) is 0. The van der Waals surface area contributed by atoms with Crippen LogP contribution in [0.3, 0.4) is 0 Å². The van der Waals surface area contributed by atoms with Gasteiger partial charge in [0.25, 0.3) is 9.24 Å². The van der Waals surface area contributed by atoms with Crippen LogP contribution >= 0.6 is 10.7 Å². The van der Waals surface area contributed by atoms with Gasteiger partial charge in [-0.15, -0.1) is 0 Å². The Morgan fingerprint density at radius 3 is 2.31 bits per heavy atom. The molecule has 1 rings (SSSR count). The van der Waals surface area contributed by atoms with Crippen LogP contribution in [0.2, 0.25) is 0 Å². The monoisotopic (exact) mass is 270 g/mol. The third-order valence-electron chi connectivity index (χ3n) is 1.84. The fourth-order valence-corrected chi connectivity index (χ4v) is 2.15. The number of likely N-dealkylation sites (tertiary alicyclic amines) is 1. The lowest BCUT2D eigenvalue weighted by atomic mass is 10.1. The van der Waals surface area contributed by atoms with Crippen LogP contribution in [-0.4, -0.2) is 44.1 Å². The van der Waals surface area contributed by atoms with E-state index in [1.807, 2.05) is 0 Å². The van der Waals surface area contributed by atoms with Crippen molar-refractivity contribution < 1.29 is 17.9 Å². The fraction of sp³-hybridized carbons (Fsp3) is 0.875. The highest BCUT2D eigenvalue weighted by molar-refractivity contribution is 8.12. The lowest BCUT2D eigenvalue weighted by Crippen LogP contribution is -2.60. The van der Waals surface area contributed by atoms with Crippen molar-refractivity contribution in [3.63, 3.8) is 0 Å². The molecule has 8 heteroatoms. The van der Waals surface area contributed by atoms with E-state index in [0.717, 1.165) is 0 Å². The zero-order valence-corrected chi connectivity index (χ0v) is 10.9. The molecule has 1 aliphatic rings. The van der Waals surface area contributed by atoms with E-state index in [2.05, 4.69) is 4.72 Å². The fourth-order valence-electron chi connectivity index (χ4n) is 1.23. The molecule has 1 saturated heterocycles. The molecule has 1 N–H and O–H groups in total. The standard InChI is InChI=1S/C8H15ClN2O4S/c1-8(2,3)15-7(12)11-4-6(5-11)10-16(9,13)14/h6,10H,4-5H2,1-3H3. The lowest BCUT2D eigenvalue weighted by molar-refractivity contribution is 0.00743. The first kappa shape index (κ1) is 13.5. The van der Waals surface area contributed by atoms with Crippen molar-refractivity contribution in [2.45, 2.75) is 32.4 Å². The van der Waals surface area contributed by atoms with Gasteiger partial charge >= 0.3 is 6.09 Å². The Hall–Kier alpha value is -0.530. The van der Waals surface area contributed by atoms with Gasteiger partial charge in [0.15, 0.2) is 0 Å². The van der Waals surface area contributed by atoms with Crippen molar-refractivity contribution >= 4 is 26.0 Å². The number of nitrogens with one attached hydrogen (secondary N) is 1. The number of ether oxygens (including phenoxy) is 1. The second-order valence-electron chi connectivity index (χ2n) is 4.64. The topological polar surface area (TPSA) is 75.7 Å². The summed E-state index contributed by atoms with van der Waals surface area (Å²) in [5, 5.41) is 0. The quantitative estimate of drug-likeness (QED) is 0.749. The van der Waals surface area contributed by atoms with Crippen LogP contribution < -0.4 is 4.72 Å². The summed E-state index contributed by atoms with van der Waals surface area (Å²) in [6.45, 7) is 5.86. The smallest absolute Gasteiger partial charge is 0.410 e. The summed E-state index contributed by atoms with van der Waals surface area (Å²) < 4.78 is 28.6. The van der Waals surface area contributed by atoms with E-state index in [0.29, 0.717) is 0 Å². The minimum Gasteiger partial charge on any atom is -0.444 e. The van der Waals surface area contributed by atoms with Crippen LogP contribution in [0.25, 0.3) is 0 Å². The first-order valence-corrected chi connectivity index (χ1v) is 7.07. The number of hydrogen-bond donors (Lipinski definition) is 1. The largest absolute Gasteiger partial charge is 0.444 e. The molecule has 94 valence electrons. The number of rotatable bonds is 2. The van der Waals surface area contributed by atoms with Crippen LogP contribution in [0.1, 0.15) is 20.8 Å². The molecule has 1 heterocycles. The molecule has 6 nitrogen and oxygen atoms in total. The number of amides is 1. The van der Waals surface area contributed by atoms with Crippen molar-refractivity contribution in [3.8, 4) is 0 Å². The summed E-state index contributed by atoms with van der Waals surface area (Å²) in [6.07, 6.45) is -0.447. The van der Waals surface area contributed by atoms with Crippen molar-refractivity contribution in [3.05, 3.63) is 0 Å². The normalized spacial score (nSPS) is 18.1. The van der Waals surface area contributed by atoms with Crippen LogP contribution in [0.4, 0.5) is 4.79 Å². The van der Waals surface area contributed by atoms with Crippen molar-refractivity contribution in [2.24, 2.45) is 0 Å². The van der Waals surface area contributed by atoms with E-state index >= 15 is 0 Å². The molecule has 1 aliphatic heterocycles. The molecule has 0 atom stereocenters. The SMILES string of the molecule is CC(C)(C)OC(=O)N1CC(NS(=O)(=O)Cl)C1. The van der Waals surface area contributed by atoms with E-state index < -0.39 is 20.9 Å². The Morgan fingerprint density at radius 2 is 1.94 bits per heavy atom. The van der Waals surface area contributed by atoms with Gasteiger partial charge in [-0.05, 0) is 20.8 Å². The predicted molar refractivity (Wildman–Crippen MR) is 59.5 cm³/mol. The van der Waals surface area contributed by atoms with Crippen LogP contribution in [0, 0.1) is 0 Å². The molecule has 0 aromatic heterocycles. The van der Waals surface area contributed by atoms with Crippen molar-refractivity contribution in [1.82, 2.24) is 9.62 Å². The van der Waals surface area contributed by atoms with Gasteiger partial charge in [-0.1, -0.05) is 0 Å². The summed E-state index contributed by atoms with van der Waals surface area (Å²) in [5.41, 5.74) is -0.547. The molecular formula is C8H15ClN2O4S. The number of carbonyl (C=O) groups excluding carboxylic acids is 1. The highest BCUT2D eigenvalue weighted by Gasteiger charge is 2.35. The molecule has 1 fully saturated rings. The maximum atomic E-state index is 11.4. The van der Waals surface area contributed by atoms with Gasteiger partial charge in [0.1, 0.15) is 5.60 Å². The molecule has 0 aromatic carbocycles. The highest BCUT2D eigenvalue weighted by atomic mass is 35.7. The van der Waals surface area contributed by atoms with Crippen LogP contribution in [0.15, 0.2) is 0 Å². The maximum absolute atomic E-state index is 11.4. The second kappa shape index (κ2) is 4.38. The predicted octanol–water partition coefficient (Wildman–Crippen LogP) is 0.679.